The number of rotatable bonds is 6. The van der Waals surface area contributed by atoms with E-state index in [-0.39, 0.29) is 0 Å². The molecule has 0 spiro atoms. The molecule has 0 saturated carbocycles. The highest BCUT2D eigenvalue weighted by Gasteiger charge is 2.11. The average molecular weight is 367 g/mol. The smallest absolute Gasteiger partial charge is 0.205 e. The second kappa shape index (κ2) is 8.63. The number of nitriles is 1. The Morgan fingerprint density at radius 1 is 0.893 bits per heavy atom. The third-order valence-corrected chi connectivity index (χ3v) is 5.45. The minimum absolute atomic E-state index is 0.679. The Hall–Kier alpha value is -3.25. The third kappa shape index (κ3) is 4.35. The zero-order valence-electron chi connectivity index (χ0n) is 16.0. The van der Waals surface area contributed by atoms with E-state index in [2.05, 4.69) is 76.4 Å². The average Bonchev–Trinajstić information content (AvgIpc) is 3.28. The van der Waals surface area contributed by atoms with Crippen LogP contribution in [0.3, 0.4) is 0 Å². The molecule has 0 radical (unpaired) electrons. The number of pyridine rings is 2. The molecular weight excluding hydrogens is 342 g/mol. The van der Waals surface area contributed by atoms with E-state index in [9.17, 15) is 0 Å². The van der Waals surface area contributed by atoms with Gasteiger partial charge in [-0.2, -0.15) is 9.83 Å². The summed E-state index contributed by atoms with van der Waals surface area (Å²) in [6.45, 7) is 1.08. The Labute approximate surface area is 166 Å². The van der Waals surface area contributed by atoms with Gasteiger partial charge in [-0.1, -0.05) is 12.2 Å². The van der Waals surface area contributed by atoms with Crippen LogP contribution in [0.2, 0.25) is 0 Å². The first-order chi connectivity index (χ1) is 13.8. The molecule has 0 saturated heterocycles. The van der Waals surface area contributed by atoms with Gasteiger partial charge in [0.15, 0.2) is 24.8 Å². The Bertz CT molecular complexity index is 978. The van der Waals surface area contributed by atoms with Crippen LogP contribution in [0.5, 0.6) is 0 Å². The molecule has 138 valence electrons. The van der Waals surface area contributed by atoms with Crippen molar-refractivity contribution in [3.8, 4) is 22.9 Å². The first-order valence-corrected chi connectivity index (χ1v) is 10.00. The first-order valence-electron chi connectivity index (χ1n) is 10.00. The molecule has 1 aliphatic carbocycles. The van der Waals surface area contributed by atoms with E-state index in [1.165, 1.54) is 36.8 Å². The summed E-state index contributed by atoms with van der Waals surface area (Å²) in [6, 6.07) is 18.4. The molecule has 28 heavy (non-hydrogen) atoms. The fraction of sp³-hybridized carbons (Fsp3) is 0.240. The highest BCUT2D eigenvalue weighted by atomic mass is 14.9. The highest BCUT2D eigenvalue weighted by molar-refractivity contribution is 5.61. The number of nitrogens with zero attached hydrogens (tertiary/aromatic N) is 3. The van der Waals surface area contributed by atoms with Gasteiger partial charge in [-0.25, -0.2) is 4.57 Å². The van der Waals surface area contributed by atoms with Crippen LogP contribution in [-0.4, -0.2) is 0 Å². The summed E-state index contributed by atoms with van der Waals surface area (Å²) in [5, 5.41) is 8.92. The molecule has 4 rings (SSSR count). The molecule has 0 fully saturated rings. The summed E-state index contributed by atoms with van der Waals surface area (Å²) in [7, 11) is 0. The van der Waals surface area contributed by atoms with Crippen LogP contribution in [0.15, 0.2) is 85.5 Å². The Kier molecular flexibility index (Phi) is 5.58. The maximum Gasteiger partial charge on any atom is 0.210 e. The molecule has 0 unspecified atom stereocenters. The molecule has 3 nitrogen and oxygen atoms in total. The van der Waals surface area contributed by atoms with Crippen molar-refractivity contribution in [3.05, 3.63) is 91.0 Å². The lowest BCUT2D eigenvalue weighted by molar-refractivity contribution is -0.697. The van der Waals surface area contributed by atoms with Crippen LogP contribution in [0, 0.1) is 17.2 Å². The van der Waals surface area contributed by atoms with Crippen LogP contribution in [0.25, 0.3) is 16.8 Å². The lowest BCUT2D eigenvalue weighted by atomic mass is 10.0. The molecule has 2 aromatic heterocycles. The van der Waals surface area contributed by atoms with Gasteiger partial charge in [0.1, 0.15) is 6.54 Å². The normalized spacial score (nSPS) is 15.5. The second-order valence-corrected chi connectivity index (χ2v) is 7.39. The quantitative estimate of drug-likeness (QED) is 0.465. The zero-order valence-corrected chi connectivity index (χ0v) is 16.0. The molecule has 2 heterocycles. The lowest BCUT2D eigenvalue weighted by Gasteiger charge is -2.05. The van der Waals surface area contributed by atoms with E-state index >= 15 is 0 Å². The van der Waals surface area contributed by atoms with Crippen molar-refractivity contribution < 1.29 is 9.13 Å². The van der Waals surface area contributed by atoms with Gasteiger partial charge in [0.25, 0.3) is 0 Å². The highest BCUT2D eigenvalue weighted by Crippen LogP contribution is 2.21. The molecule has 3 heteroatoms. The van der Waals surface area contributed by atoms with E-state index in [1.807, 2.05) is 24.3 Å². The summed E-state index contributed by atoms with van der Waals surface area (Å²) in [6.07, 6.45) is 18.3. The summed E-state index contributed by atoms with van der Waals surface area (Å²) < 4.78 is 4.34. The van der Waals surface area contributed by atoms with E-state index in [0.29, 0.717) is 5.56 Å². The maximum absolute atomic E-state index is 8.92. The fourth-order valence-corrected chi connectivity index (χ4v) is 3.77. The molecule has 0 bridgehead atoms. The molecule has 1 atom stereocenters. The van der Waals surface area contributed by atoms with Crippen molar-refractivity contribution in [1.82, 2.24) is 0 Å². The number of benzene rings is 1. The number of allylic oxidation sites excluding steroid dienone is 2. The molecule has 0 aliphatic heterocycles. The number of aromatic nitrogens is 2. The second-order valence-electron chi connectivity index (χ2n) is 7.39. The monoisotopic (exact) mass is 367 g/mol. The van der Waals surface area contributed by atoms with Crippen LogP contribution in [0.4, 0.5) is 0 Å². The van der Waals surface area contributed by atoms with Crippen molar-refractivity contribution in [2.24, 2.45) is 5.92 Å². The van der Waals surface area contributed by atoms with Crippen molar-refractivity contribution in [2.75, 3.05) is 0 Å². The summed E-state index contributed by atoms with van der Waals surface area (Å²) in [5.74, 6) is 0.798. The largest absolute Gasteiger partial charge is 0.210 e. The Morgan fingerprint density at radius 3 is 2.18 bits per heavy atom. The van der Waals surface area contributed by atoms with E-state index in [4.69, 9.17) is 5.26 Å². The van der Waals surface area contributed by atoms with Crippen molar-refractivity contribution in [1.29, 1.82) is 5.26 Å². The fourth-order valence-electron chi connectivity index (χ4n) is 3.77. The van der Waals surface area contributed by atoms with Gasteiger partial charge < -0.3 is 0 Å². The zero-order chi connectivity index (χ0) is 19.2. The van der Waals surface area contributed by atoms with Crippen LogP contribution < -0.4 is 9.13 Å². The molecule has 3 aromatic rings. The summed E-state index contributed by atoms with van der Waals surface area (Å²) in [5.41, 5.74) is 4.15. The molecule has 1 aromatic carbocycles. The van der Waals surface area contributed by atoms with Crippen LogP contribution in [-0.2, 0) is 6.54 Å². The van der Waals surface area contributed by atoms with E-state index < -0.39 is 0 Å². The third-order valence-electron chi connectivity index (χ3n) is 5.45. The Balaban J connectivity index is 1.38. The summed E-state index contributed by atoms with van der Waals surface area (Å²) in [4.78, 5) is 0. The van der Waals surface area contributed by atoms with Gasteiger partial charge in [-0.15, -0.1) is 0 Å². The topological polar surface area (TPSA) is 31.5 Å². The standard InChI is InChI=1S/C25H25N3/c26-20-22-7-9-25(10-8-22)28-18-13-24(14-19-28)23-11-16-27(17-12-23)15-3-6-21-4-1-2-5-21/h1,4,7-14,16-19,21H,2-3,5-6,15H2/q+2/t21-/m1/s1. The predicted octanol–water partition coefficient (Wildman–Crippen LogP) is 4.54. The van der Waals surface area contributed by atoms with Gasteiger partial charge in [0, 0.05) is 42.8 Å². The van der Waals surface area contributed by atoms with E-state index in [1.54, 1.807) is 0 Å². The predicted molar refractivity (Wildman–Crippen MR) is 109 cm³/mol. The van der Waals surface area contributed by atoms with Crippen molar-refractivity contribution >= 4 is 0 Å². The van der Waals surface area contributed by atoms with Gasteiger partial charge in [0.2, 0.25) is 5.69 Å². The molecular formula is C25H25N3+2. The number of hydrogen-bond donors (Lipinski definition) is 0. The van der Waals surface area contributed by atoms with Crippen LogP contribution >= 0.6 is 0 Å². The molecule has 1 aliphatic rings. The maximum atomic E-state index is 8.92. The summed E-state index contributed by atoms with van der Waals surface area (Å²) >= 11 is 0. The van der Waals surface area contributed by atoms with Crippen molar-refractivity contribution in [2.45, 2.75) is 32.2 Å². The van der Waals surface area contributed by atoms with Gasteiger partial charge in [-0.3, -0.25) is 0 Å². The minimum atomic E-state index is 0.679. The lowest BCUT2D eigenvalue weighted by Crippen LogP contribution is -2.32. The first kappa shape index (κ1) is 18.1. The Morgan fingerprint density at radius 2 is 1.57 bits per heavy atom. The van der Waals surface area contributed by atoms with Crippen LogP contribution in [0.1, 0.15) is 31.2 Å². The SMILES string of the molecule is N#Cc1ccc(-[n+]2ccc(-c3cc[n+](CCC[C@@H]4C=CCC4)cc3)cc2)cc1. The molecule has 0 amide bonds. The van der Waals surface area contributed by atoms with Crippen molar-refractivity contribution in [3.63, 3.8) is 0 Å². The number of aryl methyl sites for hydroxylation is 1. The van der Waals surface area contributed by atoms with Gasteiger partial charge >= 0.3 is 0 Å². The minimum Gasteiger partial charge on any atom is -0.205 e. The number of hydrogen-bond acceptors (Lipinski definition) is 1. The molecule has 0 N–H and O–H groups in total. The van der Waals surface area contributed by atoms with Gasteiger partial charge in [-0.05, 0) is 48.4 Å². The van der Waals surface area contributed by atoms with Gasteiger partial charge in [0.05, 0.1) is 11.6 Å². The van der Waals surface area contributed by atoms with E-state index in [0.717, 1.165) is 18.2 Å².